The largest absolute Gasteiger partial charge is 0.477 e. The summed E-state index contributed by atoms with van der Waals surface area (Å²) in [7, 11) is 1.54. The minimum absolute atomic E-state index is 0.0367. The number of nitrogens with one attached hydrogen (secondary N) is 2. The van der Waals surface area contributed by atoms with Gasteiger partial charge in [-0.15, -0.1) is 0 Å². The average Bonchev–Trinajstić information content (AvgIpc) is 2.64. The van der Waals surface area contributed by atoms with Crippen LogP contribution in [-0.2, 0) is 0 Å². The number of aromatic nitrogens is 2. The molecule has 1 aromatic carbocycles. The van der Waals surface area contributed by atoms with E-state index in [2.05, 4.69) is 20.6 Å². The fourth-order valence-corrected chi connectivity index (χ4v) is 3.13. The van der Waals surface area contributed by atoms with Crippen molar-refractivity contribution in [3.63, 3.8) is 0 Å². The molecule has 1 aliphatic carbocycles. The van der Waals surface area contributed by atoms with Crippen molar-refractivity contribution in [3.05, 3.63) is 41.7 Å². The number of carbonyl (C=O) groups excluding carboxylic acids is 1. The third-order valence-electron chi connectivity index (χ3n) is 4.20. The first-order valence-corrected chi connectivity index (χ1v) is 8.86. The number of anilines is 1. The molecule has 0 radical (unpaired) electrons. The van der Waals surface area contributed by atoms with Gasteiger partial charge in [-0.2, -0.15) is 0 Å². The van der Waals surface area contributed by atoms with E-state index in [9.17, 15) is 4.79 Å². The summed E-state index contributed by atoms with van der Waals surface area (Å²) in [4.78, 5) is 20.4. The third-order valence-corrected chi connectivity index (χ3v) is 4.43. The van der Waals surface area contributed by atoms with Gasteiger partial charge in [-0.1, -0.05) is 17.7 Å². The number of methoxy groups -OCH3 is 1. The summed E-state index contributed by atoms with van der Waals surface area (Å²) < 4.78 is 11.1. The van der Waals surface area contributed by atoms with E-state index in [0.717, 1.165) is 25.7 Å². The van der Waals surface area contributed by atoms with Crippen LogP contribution in [0.25, 0.3) is 0 Å². The molecule has 26 heavy (non-hydrogen) atoms. The number of ether oxygens (including phenoxy) is 2. The number of rotatable bonds is 5. The molecule has 0 unspecified atom stereocenters. The molecule has 1 fully saturated rings. The standard InChI is InChI=1S/C18H21ClN4O3/c1-25-16-17(21-10-9-20-16)26-15-7-5-13(6-8-15)22-18(24)23-14-4-2-3-12(19)11-14/h2-4,9-11,13,15H,5-8H2,1H3,(H2,22,23,24). The van der Waals surface area contributed by atoms with Crippen LogP contribution in [0.4, 0.5) is 10.5 Å². The lowest BCUT2D eigenvalue weighted by molar-refractivity contribution is 0.129. The quantitative estimate of drug-likeness (QED) is 0.831. The number of benzene rings is 1. The van der Waals surface area contributed by atoms with Crippen LogP contribution in [0.5, 0.6) is 11.8 Å². The Kier molecular flexibility index (Phi) is 6.12. The molecule has 7 nitrogen and oxygen atoms in total. The zero-order valence-corrected chi connectivity index (χ0v) is 15.2. The lowest BCUT2D eigenvalue weighted by Gasteiger charge is -2.29. The smallest absolute Gasteiger partial charge is 0.319 e. The maximum Gasteiger partial charge on any atom is 0.319 e. The van der Waals surface area contributed by atoms with Gasteiger partial charge in [0.15, 0.2) is 0 Å². The van der Waals surface area contributed by atoms with Crippen LogP contribution in [0.2, 0.25) is 5.02 Å². The summed E-state index contributed by atoms with van der Waals surface area (Å²) >= 11 is 5.92. The van der Waals surface area contributed by atoms with Gasteiger partial charge in [0.2, 0.25) is 0 Å². The molecule has 0 spiro atoms. The van der Waals surface area contributed by atoms with Crippen molar-refractivity contribution in [3.8, 4) is 11.8 Å². The van der Waals surface area contributed by atoms with E-state index in [4.69, 9.17) is 21.1 Å². The van der Waals surface area contributed by atoms with Gasteiger partial charge in [0, 0.05) is 29.1 Å². The Bertz CT molecular complexity index is 751. The Balaban J connectivity index is 1.45. The van der Waals surface area contributed by atoms with Crippen LogP contribution < -0.4 is 20.1 Å². The van der Waals surface area contributed by atoms with Gasteiger partial charge in [0.05, 0.1) is 7.11 Å². The van der Waals surface area contributed by atoms with Gasteiger partial charge in [-0.05, 0) is 43.9 Å². The minimum atomic E-state index is -0.229. The molecule has 1 aliphatic rings. The molecule has 8 heteroatoms. The number of nitrogens with zero attached hydrogens (tertiary/aromatic N) is 2. The molecular formula is C18H21ClN4O3. The van der Waals surface area contributed by atoms with Crippen molar-refractivity contribution in [2.24, 2.45) is 0 Å². The van der Waals surface area contributed by atoms with Gasteiger partial charge in [0.25, 0.3) is 11.8 Å². The van der Waals surface area contributed by atoms with Gasteiger partial charge in [-0.3, -0.25) is 0 Å². The topological polar surface area (TPSA) is 85.4 Å². The van der Waals surface area contributed by atoms with Crippen molar-refractivity contribution in [2.75, 3.05) is 12.4 Å². The van der Waals surface area contributed by atoms with Crippen LogP contribution in [0, 0.1) is 0 Å². The molecule has 3 rings (SSSR count). The Morgan fingerprint density at radius 2 is 1.88 bits per heavy atom. The summed E-state index contributed by atoms with van der Waals surface area (Å²) in [5, 5.41) is 6.37. The molecule has 1 heterocycles. The second kappa shape index (κ2) is 8.71. The van der Waals surface area contributed by atoms with Gasteiger partial charge in [-0.25, -0.2) is 14.8 Å². The van der Waals surface area contributed by atoms with Crippen molar-refractivity contribution in [1.82, 2.24) is 15.3 Å². The Morgan fingerprint density at radius 3 is 2.58 bits per heavy atom. The highest BCUT2D eigenvalue weighted by Crippen LogP contribution is 2.27. The maximum absolute atomic E-state index is 12.1. The van der Waals surface area contributed by atoms with Crippen LogP contribution in [0.3, 0.4) is 0 Å². The first-order chi connectivity index (χ1) is 12.6. The highest BCUT2D eigenvalue weighted by molar-refractivity contribution is 6.30. The van der Waals surface area contributed by atoms with E-state index in [1.165, 1.54) is 7.11 Å². The zero-order chi connectivity index (χ0) is 18.4. The molecule has 0 saturated heterocycles. The fraction of sp³-hybridized carbons (Fsp3) is 0.389. The molecule has 2 N–H and O–H groups in total. The number of halogens is 1. The van der Waals surface area contributed by atoms with E-state index in [1.807, 2.05) is 0 Å². The van der Waals surface area contributed by atoms with Crippen molar-refractivity contribution in [2.45, 2.75) is 37.8 Å². The van der Waals surface area contributed by atoms with E-state index in [-0.39, 0.29) is 18.2 Å². The average molecular weight is 377 g/mol. The van der Waals surface area contributed by atoms with Crippen LogP contribution >= 0.6 is 11.6 Å². The molecule has 0 atom stereocenters. The summed E-state index contributed by atoms with van der Waals surface area (Å²) in [5.41, 5.74) is 0.668. The highest BCUT2D eigenvalue weighted by Gasteiger charge is 2.25. The predicted molar refractivity (Wildman–Crippen MR) is 98.9 cm³/mol. The van der Waals surface area contributed by atoms with Crippen molar-refractivity contribution >= 4 is 23.3 Å². The van der Waals surface area contributed by atoms with Gasteiger partial charge in [0.1, 0.15) is 6.10 Å². The normalized spacial score (nSPS) is 19.5. The summed E-state index contributed by atoms with van der Waals surface area (Å²) in [5.74, 6) is 0.791. The Hall–Kier alpha value is -2.54. The summed E-state index contributed by atoms with van der Waals surface area (Å²) in [6, 6.07) is 6.94. The number of hydrogen-bond acceptors (Lipinski definition) is 5. The lowest BCUT2D eigenvalue weighted by Crippen LogP contribution is -2.41. The Labute approximate surface area is 157 Å². The zero-order valence-electron chi connectivity index (χ0n) is 14.4. The van der Waals surface area contributed by atoms with E-state index >= 15 is 0 Å². The van der Waals surface area contributed by atoms with Gasteiger partial charge >= 0.3 is 6.03 Å². The molecule has 1 aromatic heterocycles. The second-order valence-corrected chi connectivity index (χ2v) is 6.51. The lowest BCUT2D eigenvalue weighted by atomic mass is 9.93. The maximum atomic E-state index is 12.1. The van der Waals surface area contributed by atoms with Crippen LogP contribution in [-0.4, -0.2) is 35.3 Å². The fourth-order valence-electron chi connectivity index (χ4n) is 2.94. The first kappa shape index (κ1) is 18.3. The minimum Gasteiger partial charge on any atom is -0.477 e. The van der Waals surface area contributed by atoms with Crippen LogP contribution in [0.15, 0.2) is 36.7 Å². The Morgan fingerprint density at radius 1 is 1.15 bits per heavy atom. The van der Waals surface area contributed by atoms with E-state index in [1.54, 1.807) is 36.7 Å². The molecular weight excluding hydrogens is 356 g/mol. The molecule has 0 aliphatic heterocycles. The second-order valence-electron chi connectivity index (χ2n) is 6.07. The van der Waals surface area contributed by atoms with Crippen LogP contribution in [0.1, 0.15) is 25.7 Å². The predicted octanol–water partition coefficient (Wildman–Crippen LogP) is 3.65. The first-order valence-electron chi connectivity index (χ1n) is 8.49. The van der Waals surface area contributed by atoms with Gasteiger partial charge < -0.3 is 20.1 Å². The summed E-state index contributed by atoms with van der Waals surface area (Å²) in [6.07, 6.45) is 6.47. The number of carbonyl (C=O) groups is 1. The van der Waals surface area contributed by atoms with E-state index in [0.29, 0.717) is 22.5 Å². The molecule has 138 valence electrons. The number of urea groups is 1. The molecule has 2 aromatic rings. The number of hydrogen-bond donors (Lipinski definition) is 2. The van der Waals surface area contributed by atoms with E-state index < -0.39 is 0 Å². The monoisotopic (exact) mass is 376 g/mol. The highest BCUT2D eigenvalue weighted by atomic mass is 35.5. The third kappa shape index (κ3) is 4.98. The molecule has 1 saturated carbocycles. The molecule has 0 bridgehead atoms. The number of amides is 2. The molecule has 2 amide bonds. The van der Waals surface area contributed by atoms with Crippen molar-refractivity contribution < 1.29 is 14.3 Å². The SMILES string of the molecule is COc1nccnc1OC1CCC(NC(=O)Nc2cccc(Cl)c2)CC1. The van der Waals surface area contributed by atoms with Crippen molar-refractivity contribution in [1.29, 1.82) is 0 Å². The summed E-state index contributed by atoms with van der Waals surface area (Å²) in [6.45, 7) is 0.